The lowest BCUT2D eigenvalue weighted by Gasteiger charge is -2.14. The van der Waals surface area contributed by atoms with Gasteiger partial charge >= 0.3 is 5.97 Å². The number of H-pyrrole nitrogens is 1. The minimum atomic E-state index is -0.632. The molecule has 0 spiro atoms. The summed E-state index contributed by atoms with van der Waals surface area (Å²) in [4.78, 5) is 38.8. The van der Waals surface area contributed by atoms with Crippen LogP contribution < -0.4 is 21.9 Å². The van der Waals surface area contributed by atoms with E-state index in [1.807, 2.05) is 13.8 Å². The highest BCUT2D eigenvalue weighted by Gasteiger charge is 2.18. The molecule has 0 saturated heterocycles. The number of nitrogen functional groups attached to an aromatic ring is 1. The molecule has 2 aromatic heterocycles. The van der Waals surface area contributed by atoms with Crippen LogP contribution in [-0.2, 0) is 9.53 Å². The number of esters is 1. The highest BCUT2D eigenvalue weighted by Crippen LogP contribution is 2.05. The number of carbonyl (C=O) groups is 1. The second-order valence-electron chi connectivity index (χ2n) is 5.32. The molecule has 23 heavy (non-hydrogen) atoms. The van der Waals surface area contributed by atoms with Crippen molar-refractivity contribution in [1.29, 1.82) is 0 Å². The molecule has 126 valence electrons. The Kier molecular flexibility index (Phi) is 5.16. The van der Waals surface area contributed by atoms with Crippen molar-refractivity contribution in [3.8, 4) is 0 Å². The van der Waals surface area contributed by atoms with Crippen molar-refractivity contribution < 1.29 is 14.4 Å². The van der Waals surface area contributed by atoms with E-state index in [4.69, 9.17) is 21.0 Å². The predicted octanol–water partition coefficient (Wildman–Crippen LogP) is -0.953. The number of hydrogen-bond acceptors (Lipinski definition) is 8. The topological polar surface area (TPSA) is 151 Å². The van der Waals surface area contributed by atoms with Crippen LogP contribution in [0.3, 0.4) is 0 Å². The van der Waals surface area contributed by atoms with Gasteiger partial charge in [0.15, 0.2) is 5.52 Å². The second kappa shape index (κ2) is 7.09. The van der Waals surface area contributed by atoms with Crippen LogP contribution in [0.4, 0.5) is 5.95 Å². The molecule has 1 atom stereocenters. The number of aromatic amines is 1. The van der Waals surface area contributed by atoms with Crippen molar-refractivity contribution >= 4 is 23.1 Å². The summed E-state index contributed by atoms with van der Waals surface area (Å²) in [7, 11) is 0. The number of rotatable bonds is 7. The molecule has 0 aliphatic heterocycles. The Bertz CT molecular complexity index is 738. The van der Waals surface area contributed by atoms with Crippen molar-refractivity contribution in [2.45, 2.75) is 26.3 Å². The van der Waals surface area contributed by atoms with E-state index in [-0.39, 0.29) is 36.2 Å². The van der Waals surface area contributed by atoms with Crippen molar-refractivity contribution in [2.24, 2.45) is 11.7 Å². The Balaban J connectivity index is 1.84. The summed E-state index contributed by atoms with van der Waals surface area (Å²) in [6, 6.07) is -0.632. The van der Waals surface area contributed by atoms with E-state index in [9.17, 15) is 9.59 Å². The van der Waals surface area contributed by atoms with E-state index in [0.717, 1.165) is 0 Å². The van der Waals surface area contributed by atoms with Gasteiger partial charge in [0.2, 0.25) is 11.6 Å². The molecule has 2 rings (SSSR count). The van der Waals surface area contributed by atoms with Gasteiger partial charge in [0.1, 0.15) is 19.0 Å². The van der Waals surface area contributed by atoms with E-state index >= 15 is 0 Å². The van der Waals surface area contributed by atoms with Gasteiger partial charge in [-0.25, -0.2) is 4.98 Å². The molecule has 10 nitrogen and oxygen atoms in total. The SMILES string of the molecule is CC(C)[C@H](N)C(=O)OCCCOn1cnc2c(=O)[nH]c(N)nc21. The van der Waals surface area contributed by atoms with Gasteiger partial charge in [-0.2, -0.15) is 9.71 Å². The number of carbonyl (C=O) groups excluding carboxylic acids is 1. The lowest BCUT2D eigenvalue weighted by atomic mass is 10.1. The highest BCUT2D eigenvalue weighted by atomic mass is 16.7. The third kappa shape index (κ3) is 3.97. The van der Waals surface area contributed by atoms with Gasteiger partial charge < -0.3 is 21.0 Å². The Morgan fingerprint density at radius 1 is 1.43 bits per heavy atom. The molecule has 0 radical (unpaired) electrons. The molecule has 0 unspecified atom stereocenters. The summed E-state index contributed by atoms with van der Waals surface area (Å²) >= 11 is 0. The molecule has 0 aliphatic carbocycles. The summed E-state index contributed by atoms with van der Waals surface area (Å²) in [6.45, 7) is 4.12. The molecule has 0 saturated carbocycles. The largest absolute Gasteiger partial charge is 0.464 e. The number of nitrogens with one attached hydrogen (secondary N) is 1. The minimum absolute atomic E-state index is 0.0192. The maximum absolute atomic E-state index is 11.6. The smallest absolute Gasteiger partial charge is 0.323 e. The fourth-order valence-corrected chi connectivity index (χ4v) is 1.76. The average molecular weight is 324 g/mol. The number of anilines is 1. The van der Waals surface area contributed by atoms with Crippen LogP contribution in [0.5, 0.6) is 0 Å². The first-order valence-corrected chi connectivity index (χ1v) is 7.18. The fourth-order valence-electron chi connectivity index (χ4n) is 1.76. The maximum atomic E-state index is 11.6. The van der Waals surface area contributed by atoms with E-state index < -0.39 is 17.6 Å². The van der Waals surface area contributed by atoms with Crippen LogP contribution in [0.1, 0.15) is 20.3 Å². The zero-order chi connectivity index (χ0) is 17.0. The summed E-state index contributed by atoms with van der Waals surface area (Å²) in [5.74, 6) is -0.441. The summed E-state index contributed by atoms with van der Waals surface area (Å²) in [5.41, 5.74) is 11.1. The molecule has 0 fully saturated rings. The van der Waals surface area contributed by atoms with Gasteiger partial charge in [-0.05, 0) is 5.92 Å². The summed E-state index contributed by atoms with van der Waals surface area (Å²) in [5, 5.41) is 0. The Hall–Kier alpha value is -2.62. The molecule has 2 aromatic rings. The van der Waals surface area contributed by atoms with Gasteiger partial charge in [0, 0.05) is 6.42 Å². The molecule has 0 aliphatic rings. The predicted molar refractivity (Wildman–Crippen MR) is 82.4 cm³/mol. The van der Waals surface area contributed by atoms with Crippen LogP contribution >= 0.6 is 0 Å². The number of aromatic nitrogens is 4. The Morgan fingerprint density at radius 3 is 2.87 bits per heavy atom. The fraction of sp³-hybridized carbons (Fsp3) is 0.538. The van der Waals surface area contributed by atoms with E-state index in [0.29, 0.717) is 6.42 Å². The molecule has 0 bridgehead atoms. The zero-order valence-electron chi connectivity index (χ0n) is 13.0. The Labute approximate surface area is 131 Å². The van der Waals surface area contributed by atoms with Gasteiger partial charge in [-0.3, -0.25) is 14.6 Å². The average Bonchev–Trinajstić information content (AvgIpc) is 2.89. The molecule has 5 N–H and O–H groups in total. The number of nitrogens with two attached hydrogens (primary N) is 2. The molecular formula is C13H20N6O4. The summed E-state index contributed by atoms with van der Waals surface area (Å²) in [6.07, 6.45) is 1.78. The first kappa shape index (κ1) is 16.7. The lowest BCUT2D eigenvalue weighted by molar-refractivity contribution is -0.146. The van der Waals surface area contributed by atoms with Crippen LogP contribution in [0.25, 0.3) is 11.2 Å². The first-order chi connectivity index (χ1) is 10.9. The van der Waals surface area contributed by atoms with E-state index in [2.05, 4.69) is 15.0 Å². The Morgan fingerprint density at radius 2 is 2.17 bits per heavy atom. The molecule has 2 heterocycles. The van der Waals surface area contributed by atoms with Crippen LogP contribution in [0, 0.1) is 5.92 Å². The molecular weight excluding hydrogens is 304 g/mol. The number of nitrogens with zero attached hydrogens (tertiary/aromatic N) is 3. The quantitative estimate of drug-likeness (QED) is 0.435. The van der Waals surface area contributed by atoms with E-state index in [1.165, 1.54) is 11.1 Å². The monoisotopic (exact) mass is 324 g/mol. The van der Waals surface area contributed by atoms with Gasteiger partial charge in [0.05, 0.1) is 6.61 Å². The first-order valence-electron chi connectivity index (χ1n) is 7.18. The van der Waals surface area contributed by atoms with Crippen LogP contribution in [0.15, 0.2) is 11.1 Å². The summed E-state index contributed by atoms with van der Waals surface area (Å²) < 4.78 is 6.30. The van der Waals surface area contributed by atoms with E-state index in [1.54, 1.807) is 0 Å². The van der Waals surface area contributed by atoms with Crippen molar-refractivity contribution in [1.82, 2.24) is 19.7 Å². The molecule has 10 heteroatoms. The standard InChI is InChI=1S/C13H20N6O4/c1-7(2)8(14)12(21)22-4-3-5-23-19-6-16-9-10(19)17-13(15)18-11(9)20/h6-8H,3-5,14H2,1-2H3,(H3,15,17,18,20)/t8-/m0/s1. The minimum Gasteiger partial charge on any atom is -0.464 e. The molecule has 0 aromatic carbocycles. The van der Waals surface area contributed by atoms with Gasteiger partial charge in [0.25, 0.3) is 5.56 Å². The normalized spacial score (nSPS) is 12.5. The number of hydrogen-bond donors (Lipinski definition) is 3. The molecule has 0 amide bonds. The number of ether oxygens (including phenoxy) is 1. The van der Waals surface area contributed by atoms with Crippen LogP contribution in [0.2, 0.25) is 0 Å². The third-order valence-electron chi connectivity index (χ3n) is 3.15. The van der Waals surface area contributed by atoms with Crippen molar-refractivity contribution in [3.63, 3.8) is 0 Å². The third-order valence-corrected chi connectivity index (χ3v) is 3.15. The van der Waals surface area contributed by atoms with Crippen molar-refractivity contribution in [2.75, 3.05) is 18.9 Å². The lowest BCUT2D eigenvalue weighted by Crippen LogP contribution is -2.37. The highest BCUT2D eigenvalue weighted by molar-refractivity contribution is 5.75. The number of imidazole rings is 1. The van der Waals surface area contributed by atoms with Gasteiger partial charge in [-0.1, -0.05) is 13.8 Å². The van der Waals surface area contributed by atoms with Crippen molar-refractivity contribution in [3.05, 3.63) is 16.7 Å². The number of fused-ring (bicyclic) bond motifs is 1. The van der Waals surface area contributed by atoms with Crippen LogP contribution in [-0.4, -0.2) is 44.9 Å². The van der Waals surface area contributed by atoms with Gasteiger partial charge in [-0.15, -0.1) is 0 Å². The maximum Gasteiger partial charge on any atom is 0.323 e. The second-order valence-corrected chi connectivity index (χ2v) is 5.32. The zero-order valence-corrected chi connectivity index (χ0v) is 13.0.